The number of aromatic nitrogens is 3. The Morgan fingerprint density at radius 2 is 1.40 bits per heavy atom. The number of pyridine rings is 1. The summed E-state index contributed by atoms with van der Waals surface area (Å²) in [5, 5.41) is 12.3. The zero-order chi connectivity index (χ0) is 54.8. The predicted molar refractivity (Wildman–Crippen MR) is 311 cm³/mol. The van der Waals surface area contributed by atoms with Crippen LogP contribution in [0.25, 0.3) is 10.2 Å². The molecule has 1 fully saturated rings. The number of thioether (sulfide) groups is 2. The van der Waals surface area contributed by atoms with Crippen LogP contribution < -0.4 is 15.4 Å². The van der Waals surface area contributed by atoms with Crippen LogP contribution in [0.3, 0.4) is 0 Å². The van der Waals surface area contributed by atoms with Crippen molar-refractivity contribution in [1.29, 1.82) is 0 Å². The number of β-lactam (4-membered cyclic amide) rings is 1. The number of benzene rings is 6. The normalized spacial score (nSPS) is 15.2. The van der Waals surface area contributed by atoms with Crippen LogP contribution in [0.1, 0.15) is 45.2 Å². The average molecular weight is 1140 g/mol. The summed E-state index contributed by atoms with van der Waals surface area (Å²) < 4.78 is 19.0. The fourth-order valence-corrected chi connectivity index (χ4v) is 13.7. The highest BCUT2D eigenvalue weighted by atomic mass is 32.2. The summed E-state index contributed by atoms with van der Waals surface area (Å²) in [5.41, 5.74) is 5.39. The molecular weight excluding hydrogens is 1090 g/mol. The van der Waals surface area contributed by atoms with Gasteiger partial charge in [-0.2, -0.15) is 0 Å². The summed E-state index contributed by atoms with van der Waals surface area (Å²) in [7, 11) is 1.57. The zero-order valence-electron chi connectivity index (χ0n) is 42.7. The predicted octanol–water partition coefficient (Wildman–Crippen LogP) is 10.8. The number of nitrogens with one attached hydrogen (secondary N) is 2. The number of rotatable bonds is 21. The van der Waals surface area contributed by atoms with E-state index in [2.05, 4.69) is 20.8 Å². The van der Waals surface area contributed by atoms with Gasteiger partial charge in [0.15, 0.2) is 21.3 Å². The number of amides is 2. The van der Waals surface area contributed by atoms with Crippen molar-refractivity contribution in [2.75, 3.05) is 30.5 Å². The molecule has 400 valence electrons. The largest absolute Gasteiger partial charge is 0.497 e. The molecule has 80 heavy (non-hydrogen) atoms. The van der Waals surface area contributed by atoms with Crippen molar-refractivity contribution >= 4 is 91.0 Å². The van der Waals surface area contributed by atoms with Gasteiger partial charge in [0.05, 0.1) is 18.0 Å². The molecule has 2 N–H and O–H groups in total. The number of carbonyl (C=O) groups is 4. The number of hydrogen-bond donors (Lipinski definition) is 2. The number of methoxy groups -OCH3 is 1. The first-order valence-electron chi connectivity index (χ1n) is 25.3. The number of esters is 2. The summed E-state index contributed by atoms with van der Waals surface area (Å²) in [6, 6.07) is 56.6. The standard InChI is InChI=1S/C61H49N7O8S4/c1-73-46-29-27-39(28-30-46)34-74-58(72)53-42(37-79-60-64-47-33-62-32-31-49(47)80-60)36-77-57-52(56(71)68(53)57)65-55(70)51(67-75-35-50(69)76-54(40-17-7-2-8-18-40)41-19-9-3-10-20-41)48-38-78-59(63-48)66-61(43-21-11-4-12-22-43,44-23-13-5-14-24-44)45-25-15-6-16-26-45/h2-33,38,52,54,57H,34-37H2,1H3,(H,63,66)(H,65,70)/b67-51+/t52?,57-/m1/s1. The van der Waals surface area contributed by atoms with E-state index in [0.717, 1.165) is 47.9 Å². The third-order valence-electron chi connectivity index (χ3n) is 13.3. The molecule has 0 radical (unpaired) electrons. The number of ether oxygens (including phenoxy) is 3. The summed E-state index contributed by atoms with van der Waals surface area (Å²) in [4.78, 5) is 78.4. The number of anilines is 1. The number of fused-ring (bicyclic) bond motifs is 2. The fraction of sp³-hybridized carbons (Fsp3) is 0.148. The van der Waals surface area contributed by atoms with E-state index in [1.807, 2.05) is 158 Å². The van der Waals surface area contributed by atoms with E-state index in [9.17, 15) is 19.2 Å². The second-order valence-corrected chi connectivity index (χ2v) is 22.5. The molecule has 2 aliphatic heterocycles. The quantitative estimate of drug-likeness (QED) is 0.0173. The Bertz CT molecular complexity index is 3530. The topological polar surface area (TPSA) is 184 Å². The third-order valence-corrected chi connectivity index (χ3v) is 17.6. The minimum absolute atomic E-state index is 0.0577. The van der Waals surface area contributed by atoms with Gasteiger partial charge in [-0.15, -0.1) is 34.4 Å². The number of oxime groups is 1. The van der Waals surface area contributed by atoms with Gasteiger partial charge in [-0.05, 0) is 57.2 Å². The van der Waals surface area contributed by atoms with Gasteiger partial charge in [-0.1, -0.05) is 181 Å². The van der Waals surface area contributed by atoms with Crippen LogP contribution in [0, 0.1) is 0 Å². The molecule has 5 heterocycles. The molecule has 2 aliphatic rings. The third kappa shape index (κ3) is 11.6. The fourth-order valence-electron chi connectivity index (χ4n) is 9.39. The van der Waals surface area contributed by atoms with Crippen molar-refractivity contribution < 1.29 is 38.2 Å². The average Bonchev–Trinajstić information content (AvgIpc) is 4.30. The SMILES string of the molecule is COc1ccc(COC(=O)C2=C(CSc3nc4cnccc4s3)CS[C@@H]3C(NC(=O)/C(=N/OCC(=O)OC(c4ccccc4)c4ccccc4)c4csc(NC(c5ccccc5)(c5ccccc5)c5ccccc5)n4)C(=O)N23)cc1. The van der Waals surface area contributed by atoms with Crippen molar-refractivity contribution in [3.05, 3.63) is 250 Å². The van der Waals surface area contributed by atoms with E-state index >= 15 is 0 Å². The Labute approximate surface area is 477 Å². The minimum atomic E-state index is -1.10. The highest BCUT2D eigenvalue weighted by Crippen LogP contribution is 2.44. The molecule has 2 amide bonds. The maximum atomic E-state index is 14.9. The highest BCUT2D eigenvalue weighted by Gasteiger charge is 2.55. The molecule has 19 heteroatoms. The van der Waals surface area contributed by atoms with E-state index in [1.165, 1.54) is 51.1 Å². The molecule has 2 atom stereocenters. The molecule has 0 aliphatic carbocycles. The first-order chi connectivity index (χ1) is 39.2. The lowest BCUT2D eigenvalue weighted by Gasteiger charge is -2.49. The number of nitrogens with zero attached hydrogens (tertiary/aromatic N) is 5. The van der Waals surface area contributed by atoms with Crippen LogP contribution in [0.5, 0.6) is 5.75 Å². The molecular formula is C61H49N7O8S4. The van der Waals surface area contributed by atoms with E-state index in [0.29, 0.717) is 28.0 Å². The number of thiazole rings is 2. The van der Waals surface area contributed by atoms with Crippen LogP contribution in [0.15, 0.2) is 221 Å². The van der Waals surface area contributed by atoms with E-state index in [1.54, 1.807) is 49.1 Å². The first kappa shape index (κ1) is 53.4. The van der Waals surface area contributed by atoms with Crippen molar-refractivity contribution in [2.45, 2.75) is 34.0 Å². The summed E-state index contributed by atoms with van der Waals surface area (Å²) in [6.07, 6.45) is 2.66. The lowest BCUT2D eigenvalue weighted by atomic mass is 9.77. The van der Waals surface area contributed by atoms with Gasteiger partial charge >= 0.3 is 11.9 Å². The molecule has 1 unspecified atom stereocenters. The molecule has 3 aromatic heterocycles. The zero-order valence-corrected chi connectivity index (χ0v) is 46.0. The van der Waals surface area contributed by atoms with Gasteiger partial charge in [-0.3, -0.25) is 19.5 Å². The van der Waals surface area contributed by atoms with Crippen molar-refractivity contribution in [1.82, 2.24) is 25.2 Å². The Kier molecular flexibility index (Phi) is 16.4. The van der Waals surface area contributed by atoms with Gasteiger partial charge < -0.3 is 29.7 Å². The molecule has 0 bridgehead atoms. The summed E-state index contributed by atoms with van der Waals surface area (Å²) >= 11 is 5.60. The van der Waals surface area contributed by atoms with Crippen LogP contribution in [-0.4, -0.2) is 86.0 Å². The van der Waals surface area contributed by atoms with Gasteiger partial charge in [0.25, 0.3) is 11.8 Å². The van der Waals surface area contributed by atoms with Gasteiger partial charge in [0.2, 0.25) is 6.61 Å². The molecule has 1 saturated heterocycles. The van der Waals surface area contributed by atoms with Crippen molar-refractivity contribution in [2.24, 2.45) is 5.16 Å². The van der Waals surface area contributed by atoms with E-state index in [-0.39, 0.29) is 23.7 Å². The number of carbonyl (C=O) groups excluding carboxylic acids is 4. The summed E-state index contributed by atoms with van der Waals surface area (Å²) in [5.74, 6) is -1.43. The van der Waals surface area contributed by atoms with E-state index in [4.69, 9.17) is 29.0 Å². The second-order valence-electron chi connectivity index (χ2n) is 18.3. The van der Waals surface area contributed by atoms with Gasteiger partial charge in [0, 0.05) is 23.1 Å². The minimum Gasteiger partial charge on any atom is -0.497 e. The van der Waals surface area contributed by atoms with Crippen LogP contribution in [0.2, 0.25) is 0 Å². The van der Waals surface area contributed by atoms with Crippen LogP contribution in [0.4, 0.5) is 5.13 Å². The lowest BCUT2D eigenvalue weighted by molar-refractivity contribution is -0.153. The maximum absolute atomic E-state index is 14.9. The molecule has 0 spiro atoms. The van der Waals surface area contributed by atoms with Crippen LogP contribution >= 0.6 is 46.2 Å². The molecule has 0 saturated carbocycles. The van der Waals surface area contributed by atoms with Crippen LogP contribution in [-0.2, 0) is 45.6 Å². The monoisotopic (exact) mass is 1140 g/mol. The Morgan fingerprint density at radius 3 is 2.00 bits per heavy atom. The molecule has 9 aromatic rings. The highest BCUT2D eigenvalue weighted by molar-refractivity contribution is 8.02. The lowest BCUT2D eigenvalue weighted by Crippen LogP contribution is -2.71. The second kappa shape index (κ2) is 24.6. The first-order valence-corrected chi connectivity index (χ1v) is 29.0. The van der Waals surface area contributed by atoms with E-state index < -0.39 is 53.4 Å². The van der Waals surface area contributed by atoms with Crippen molar-refractivity contribution in [3.63, 3.8) is 0 Å². The number of hydrogen-bond acceptors (Lipinski definition) is 17. The van der Waals surface area contributed by atoms with Gasteiger partial charge in [0.1, 0.15) is 46.2 Å². The summed E-state index contributed by atoms with van der Waals surface area (Å²) in [6.45, 7) is -0.727. The molecule has 11 rings (SSSR count). The molecule has 6 aromatic carbocycles. The Morgan fingerprint density at radius 1 is 0.787 bits per heavy atom. The molecule has 15 nitrogen and oxygen atoms in total. The Balaban J connectivity index is 0.885. The van der Waals surface area contributed by atoms with Crippen molar-refractivity contribution in [3.8, 4) is 5.75 Å². The smallest absolute Gasteiger partial charge is 0.355 e. The Hall–Kier alpha value is -8.62. The van der Waals surface area contributed by atoms with Gasteiger partial charge in [-0.25, -0.2) is 19.6 Å². The maximum Gasteiger partial charge on any atom is 0.355 e.